The van der Waals surface area contributed by atoms with E-state index in [1.807, 2.05) is 34.6 Å². The van der Waals surface area contributed by atoms with Gasteiger partial charge in [-0.15, -0.1) is 0 Å². The molecule has 4 heterocycles. The summed E-state index contributed by atoms with van der Waals surface area (Å²) in [7, 11) is 0. The number of nitrogens with zero attached hydrogens (tertiary/aromatic N) is 2. The van der Waals surface area contributed by atoms with Crippen LogP contribution < -0.4 is 20.9 Å². The third kappa shape index (κ3) is 9.61. The molecular formula is C42H50N4O13. The predicted octanol–water partition coefficient (Wildman–Crippen LogP) is 3.89. The summed E-state index contributed by atoms with van der Waals surface area (Å²) < 4.78 is 18.3. The van der Waals surface area contributed by atoms with E-state index in [1.54, 1.807) is 31.2 Å². The summed E-state index contributed by atoms with van der Waals surface area (Å²) in [6.07, 6.45) is -0.579. The van der Waals surface area contributed by atoms with Crippen LogP contribution in [0.1, 0.15) is 109 Å². The zero-order valence-electron chi connectivity index (χ0n) is 34.0. The van der Waals surface area contributed by atoms with Gasteiger partial charge in [0.15, 0.2) is 0 Å². The lowest BCUT2D eigenvalue weighted by Gasteiger charge is -2.35. The molecule has 0 radical (unpaired) electrons. The number of amides is 2. The molecule has 3 atom stereocenters. The maximum atomic E-state index is 14.1. The van der Waals surface area contributed by atoms with Crippen molar-refractivity contribution in [2.75, 3.05) is 0 Å². The lowest BCUT2D eigenvalue weighted by Crippen LogP contribution is -2.47. The highest BCUT2D eigenvalue weighted by Crippen LogP contribution is 2.42. The number of cyclic esters (lactones) is 1. The molecule has 17 nitrogen and oxygen atoms in total. The fourth-order valence-corrected chi connectivity index (χ4v) is 7.54. The fraction of sp³-hybridized carbons (Fsp3) is 0.500. The molecule has 0 fully saturated rings. The van der Waals surface area contributed by atoms with Gasteiger partial charge >= 0.3 is 29.8 Å². The summed E-state index contributed by atoms with van der Waals surface area (Å²) in [5.74, 6) is -5.89. The first kappa shape index (κ1) is 44.0. The van der Waals surface area contributed by atoms with Crippen molar-refractivity contribution in [1.82, 2.24) is 20.2 Å². The lowest BCUT2D eigenvalue weighted by atomic mass is 9.85. The van der Waals surface area contributed by atoms with Crippen LogP contribution in [0.5, 0.6) is 5.75 Å². The van der Waals surface area contributed by atoms with E-state index < -0.39 is 77.7 Å². The Morgan fingerprint density at radius 3 is 1.98 bits per heavy atom. The molecule has 2 amide bonds. The van der Waals surface area contributed by atoms with Crippen LogP contribution in [-0.2, 0) is 68.2 Å². The minimum atomic E-state index is -2.00. The molecule has 3 aromatic rings. The highest BCUT2D eigenvalue weighted by molar-refractivity contribution is 5.92. The molecule has 3 unspecified atom stereocenters. The molecule has 1 aromatic carbocycles. The highest BCUT2D eigenvalue weighted by Gasteiger charge is 2.50. The summed E-state index contributed by atoms with van der Waals surface area (Å²) in [5.41, 5.74) is 0.733. The third-order valence-corrected chi connectivity index (χ3v) is 10.4. The number of benzene rings is 1. The van der Waals surface area contributed by atoms with E-state index in [4.69, 9.17) is 19.2 Å². The largest absolute Gasteiger partial charge is 0.480 e. The molecule has 59 heavy (non-hydrogen) atoms. The van der Waals surface area contributed by atoms with Gasteiger partial charge in [-0.05, 0) is 67.3 Å². The van der Waals surface area contributed by atoms with Gasteiger partial charge in [-0.3, -0.25) is 24.0 Å². The van der Waals surface area contributed by atoms with Crippen molar-refractivity contribution in [3.05, 3.63) is 56.9 Å². The van der Waals surface area contributed by atoms with Crippen LogP contribution in [0.2, 0.25) is 0 Å². The number of nitrogens with one attached hydrogen (secondary N) is 2. The molecule has 5 rings (SSSR count). The zero-order chi connectivity index (χ0) is 43.3. The SMILES string of the molecule is CCc1c2c(nc3ccc(OC(=O)CCC(=O)NC(CC(C)C)C(=O)O)cc13)-c1cc3c(c(=O)n1C2)COC(=O)C3(CC)OC(=O)CCC(=O)NC(CC(C)C)C(=O)O. The molecule has 2 aliphatic rings. The number of carbonyl (C=O) groups excluding carboxylic acids is 5. The van der Waals surface area contributed by atoms with Crippen LogP contribution in [0, 0.1) is 11.8 Å². The van der Waals surface area contributed by atoms with Gasteiger partial charge in [0, 0.05) is 29.4 Å². The van der Waals surface area contributed by atoms with Crippen molar-refractivity contribution in [2.45, 2.75) is 124 Å². The number of aryl methyl sites for hydroxylation is 1. The van der Waals surface area contributed by atoms with E-state index in [2.05, 4.69) is 10.6 Å². The van der Waals surface area contributed by atoms with E-state index >= 15 is 0 Å². The summed E-state index contributed by atoms with van der Waals surface area (Å²) in [6.45, 7) is 10.6. The van der Waals surface area contributed by atoms with Gasteiger partial charge in [0.25, 0.3) is 5.56 Å². The average Bonchev–Trinajstić information content (AvgIpc) is 3.54. The molecule has 2 aliphatic heterocycles. The Bertz CT molecular complexity index is 2260. The Morgan fingerprint density at radius 2 is 1.44 bits per heavy atom. The lowest BCUT2D eigenvalue weighted by molar-refractivity contribution is -0.189. The first-order valence-corrected chi connectivity index (χ1v) is 19.8. The van der Waals surface area contributed by atoms with E-state index in [0.29, 0.717) is 28.7 Å². The first-order valence-electron chi connectivity index (χ1n) is 19.8. The van der Waals surface area contributed by atoms with Crippen molar-refractivity contribution >= 4 is 52.6 Å². The van der Waals surface area contributed by atoms with Gasteiger partial charge in [-0.1, -0.05) is 41.5 Å². The highest BCUT2D eigenvalue weighted by atomic mass is 16.6. The molecule has 17 heteroatoms. The van der Waals surface area contributed by atoms with Gasteiger partial charge < -0.3 is 39.6 Å². The molecule has 0 bridgehead atoms. The first-order chi connectivity index (χ1) is 27.9. The number of ether oxygens (including phenoxy) is 3. The minimum Gasteiger partial charge on any atom is -0.480 e. The summed E-state index contributed by atoms with van der Waals surface area (Å²) >= 11 is 0. The molecule has 0 saturated heterocycles. The topological polar surface area (TPSA) is 247 Å². The predicted molar refractivity (Wildman–Crippen MR) is 210 cm³/mol. The van der Waals surface area contributed by atoms with Crippen LogP contribution >= 0.6 is 0 Å². The van der Waals surface area contributed by atoms with E-state index in [0.717, 1.165) is 11.1 Å². The van der Waals surface area contributed by atoms with E-state index in [9.17, 15) is 48.6 Å². The number of carboxylic acids is 2. The zero-order valence-corrected chi connectivity index (χ0v) is 34.0. The summed E-state index contributed by atoms with van der Waals surface area (Å²) in [4.78, 5) is 107. The van der Waals surface area contributed by atoms with Gasteiger partial charge in [0.2, 0.25) is 17.4 Å². The van der Waals surface area contributed by atoms with E-state index in [1.165, 1.54) is 4.57 Å². The number of rotatable bonds is 18. The van der Waals surface area contributed by atoms with Crippen molar-refractivity contribution in [3.63, 3.8) is 0 Å². The maximum absolute atomic E-state index is 14.1. The number of aromatic nitrogens is 2. The Labute approximate surface area is 339 Å². The number of hydrogen-bond acceptors (Lipinski definition) is 12. The average molecular weight is 819 g/mol. The van der Waals surface area contributed by atoms with Crippen molar-refractivity contribution in [3.8, 4) is 17.1 Å². The number of carboxylic acid groups (broad SMARTS) is 2. The smallest absolute Gasteiger partial charge is 0.355 e. The Hall–Kier alpha value is -6.13. The Balaban J connectivity index is 1.37. The summed E-state index contributed by atoms with van der Waals surface area (Å²) in [5, 5.41) is 24.4. The summed E-state index contributed by atoms with van der Waals surface area (Å²) in [6, 6.07) is 4.26. The Morgan fingerprint density at radius 1 is 0.847 bits per heavy atom. The number of esters is 3. The van der Waals surface area contributed by atoms with Crippen molar-refractivity contribution in [1.29, 1.82) is 0 Å². The number of hydrogen-bond donors (Lipinski definition) is 4. The second-order valence-corrected chi connectivity index (χ2v) is 15.6. The molecule has 0 spiro atoms. The number of pyridine rings is 2. The molecular weight excluding hydrogens is 768 g/mol. The Kier molecular flexibility index (Phi) is 13.6. The molecule has 0 aliphatic carbocycles. The van der Waals surface area contributed by atoms with Gasteiger partial charge in [0.1, 0.15) is 24.4 Å². The number of aliphatic carboxylic acids is 2. The van der Waals surface area contributed by atoms with Gasteiger partial charge in [0.05, 0.1) is 41.9 Å². The number of carbonyl (C=O) groups is 7. The second kappa shape index (κ2) is 18.2. The number of fused-ring (bicyclic) bond motifs is 5. The normalized spacial score (nSPS) is 16.4. The quantitative estimate of drug-likeness (QED) is 0.0822. The molecule has 2 aromatic heterocycles. The third-order valence-electron chi connectivity index (χ3n) is 10.4. The van der Waals surface area contributed by atoms with Crippen LogP contribution in [0.25, 0.3) is 22.3 Å². The van der Waals surface area contributed by atoms with Crippen LogP contribution in [0.3, 0.4) is 0 Å². The van der Waals surface area contributed by atoms with E-state index in [-0.39, 0.29) is 74.0 Å². The van der Waals surface area contributed by atoms with Gasteiger partial charge in [-0.2, -0.15) is 0 Å². The van der Waals surface area contributed by atoms with Crippen molar-refractivity contribution in [2.24, 2.45) is 11.8 Å². The standard InChI is InChI=1S/C42H50N4O13/c1-7-24-25-17-23(58-35(49)13-11-33(47)43-30(39(52)53)15-21(3)4)9-10-29(25)45-37-26(24)19-46-32(37)18-28-27(38(46)51)20-57-41(56)42(28,8-2)59-36(50)14-12-34(48)44-31(40(54)55)16-22(5)6/h9-10,17-18,21-22,30-31H,7-8,11-16,19-20H2,1-6H3,(H,43,47)(H,44,48)(H,52,53)(H,54,55). The molecule has 0 saturated carbocycles. The van der Waals surface area contributed by atoms with Gasteiger partial charge in [-0.25, -0.2) is 19.4 Å². The molecule has 316 valence electrons. The molecule has 4 N–H and O–H groups in total. The fourth-order valence-electron chi connectivity index (χ4n) is 7.54. The van der Waals surface area contributed by atoms with Crippen LogP contribution in [-0.4, -0.2) is 73.5 Å². The minimum absolute atomic E-state index is 0.00928. The van der Waals surface area contributed by atoms with Crippen LogP contribution in [0.4, 0.5) is 0 Å². The maximum Gasteiger partial charge on any atom is 0.355 e. The van der Waals surface area contributed by atoms with Crippen LogP contribution in [0.15, 0.2) is 29.1 Å². The monoisotopic (exact) mass is 818 g/mol. The van der Waals surface area contributed by atoms with Crippen molar-refractivity contribution < 1.29 is 58.0 Å². The second-order valence-electron chi connectivity index (χ2n) is 15.6.